The molecule has 1 aliphatic heterocycles. The number of nitrogens with zero attached hydrogens (tertiary/aromatic N) is 4. The summed E-state index contributed by atoms with van der Waals surface area (Å²) in [4.78, 5) is 43.0. The van der Waals surface area contributed by atoms with Crippen LogP contribution in [0, 0.1) is 0 Å². The minimum Gasteiger partial charge on any atom is -0.387 e. The van der Waals surface area contributed by atoms with Crippen molar-refractivity contribution in [2.45, 2.75) is 60.0 Å². The van der Waals surface area contributed by atoms with Gasteiger partial charge in [0.1, 0.15) is 18.3 Å². The van der Waals surface area contributed by atoms with Gasteiger partial charge < -0.3 is 34.9 Å². The molecule has 44 heavy (non-hydrogen) atoms. The Morgan fingerprint density at radius 1 is 1.23 bits per heavy atom. The van der Waals surface area contributed by atoms with Crippen molar-refractivity contribution in [1.29, 1.82) is 0 Å². The summed E-state index contributed by atoms with van der Waals surface area (Å²) in [7, 11) is -12.8. The molecule has 0 aliphatic carbocycles. The van der Waals surface area contributed by atoms with E-state index in [1.165, 1.54) is 29.6 Å². The summed E-state index contributed by atoms with van der Waals surface area (Å²) < 4.78 is 77.1. The van der Waals surface area contributed by atoms with Crippen LogP contribution in [0.1, 0.15) is 26.0 Å². The van der Waals surface area contributed by atoms with Crippen LogP contribution in [-0.4, -0.2) is 111 Å². The number of ether oxygens (including phenoxy) is 1. The molecule has 3 heterocycles. The number of imidazole rings is 1. The maximum atomic E-state index is 12.7. The summed E-state index contributed by atoms with van der Waals surface area (Å²) in [6, 6.07) is 0. The molecule has 2 aromatic heterocycles. The summed E-state index contributed by atoms with van der Waals surface area (Å²) in [5.41, 5.74) is 0.248. The van der Waals surface area contributed by atoms with E-state index in [9.17, 15) is 47.2 Å². The van der Waals surface area contributed by atoms with Gasteiger partial charge in [-0.05, 0) is 19.3 Å². The van der Waals surface area contributed by atoms with Crippen molar-refractivity contribution in [2.75, 3.05) is 42.9 Å². The predicted molar refractivity (Wildman–Crippen MR) is 160 cm³/mol. The average Bonchev–Trinajstić information content (AvgIpc) is 3.46. The number of aliphatic hydroxyl groups is 2. The molecule has 0 amide bonds. The first-order chi connectivity index (χ1) is 20.4. The number of fused-ring (bicyclic) bond motifs is 1. The maximum Gasteiger partial charge on any atom is 0.479 e. The van der Waals surface area contributed by atoms with Crippen molar-refractivity contribution in [3.63, 3.8) is 0 Å². The van der Waals surface area contributed by atoms with Crippen molar-refractivity contribution >= 4 is 75.7 Å². The van der Waals surface area contributed by atoms with Crippen LogP contribution in [0.3, 0.4) is 0 Å². The van der Waals surface area contributed by atoms with Crippen LogP contribution in [0.15, 0.2) is 11.5 Å². The monoisotopic (exact) mass is 751 g/mol. The van der Waals surface area contributed by atoms with Gasteiger partial charge in [-0.2, -0.15) is 24.9 Å². The second-order valence-electron chi connectivity index (χ2n) is 9.32. The molecule has 0 radical (unpaired) electrons. The smallest absolute Gasteiger partial charge is 0.387 e. The standard InChI is InChI=1S/C20H32ClF3N5O10P3S2/c1-4-19(21,40(2)32)41(33,34)39-42(35,36)37-9-11-13(30)14(31)17(38-11)29-10-26-12-15(25-6-8-43-3)27-18(28-16(12)29)44-7-5-20(22,23)24/h10-11,13-14,17,30-32H,4-9H2,1-3H3,(H,33,34)(H,35,36)(H,25,27,28)/t11-,13-,14-,17?,19?,40?/m1/s1. The van der Waals surface area contributed by atoms with Crippen LogP contribution in [0.25, 0.3) is 11.2 Å². The minimum absolute atomic E-state index is 0.0176. The minimum atomic E-state index is -5.33. The Kier molecular flexibility index (Phi) is 13.3. The molecule has 8 atom stereocenters. The molecule has 0 bridgehead atoms. The average molecular weight is 752 g/mol. The van der Waals surface area contributed by atoms with Crippen LogP contribution >= 0.6 is 58.7 Å². The Morgan fingerprint density at radius 3 is 2.50 bits per heavy atom. The van der Waals surface area contributed by atoms with Crippen molar-refractivity contribution in [1.82, 2.24) is 19.5 Å². The molecule has 1 aliphatic rings. The van der Waals surface area contributed by atoms with Crippen LogP contribution in [0.2, 0.25) is 0 Å². The third-order valence-corrected chi connectivity index (χ3v) is 15.6. The number of nitrogens with one attached hydrogen (secondary N) is 1. The zero-order valence-corrected chi connectivity index (χ0v) is 28.4. The number of anilines is 1. The summed E-state index contributed by atoms with van der Waals surface area (Å²) >= 11 is 8.32. The lowest BCUT2D eigenvalue weighted by atomic mass is 10.1. The van der Waals surface area contributed by atoms with Gasteiger partial charge in [0.15, 0.2) is 32.7 Å². The Balaban J connectivity index is 1.81. The summed E-state index contributed by atoms with van der Waals surface area (Å²) in [6.07, 6.45) is -8.95. The summed E-state index contributed by atoms with van der Waals surface area (Å²) in [6.45, 7) is 2.05. The zero-order valence-electron chi connectivity index (χ0n) is 23.4. The fourth-order valence-electron chi connectivity index (χ4n) is 3.90. The largest absolute Gasteiger partial charge is 0.479 e. The lowest BCUT2D eigenvalue weighted by Gasteiger charge is -2.32. The van der Waals surface area contributed by atoms with Gasteiger partial charge in [0.25, 0.3) is 0 Å². The number of phosphoric acid groups is 1. The quantitative estimate of drug-likeness (QED) is 0.0471. The molecule has 0 spiro atoms. The number of hydrogen-bond donors (Lipinski definition) is 6. The van der Waals surface area contributed by atoms with Gasteiger partial charge >= 0.3 is 21.6 Å². The van der Waals surface area contributed by atoms with E-state index < -0.39 is 71.7 Å². The normalized spacial score (nSPS) is 25.8. The number of alkyl halides is 4. The molecule has 6 N–H and O–H groups in total. The van der Waals surface area contributed by atoms with Crippen LogP contribution < -0.4 is 5.32 Å². The molecule has 15 nitrogen and oxygen atoms in total. The Labute approximate surface area is 264 Å². The molecule has 24 heteroatoms. The topological polar surface area (TPSA) is 219 Å². The number of rotatable bonds is 16. The third kappa shape index (κ3) is 9.19. The molecule has 2 aromatic rings. The molecule has 3 rings (SSSR count). The fraction of sp³-hybridized carbons (Fsp3) is 0.750. The lowest BCUT2D eigenvalue weighted by Crippen LogP contribution is -2.33. The second kappa shape index (κ2) is 15.3. The van der Waals surface area contributed by atoms with Gasteiger partial charge in [-0.1, -0.05) is 30.3 Å². The third-order valence-electron chi connectivity index (χ3n) is 6.22. The van der Waals surface area contributed by atoms with Crippen molar-refractivity contribution < 1.29 is 60.8 Å². The van der Waals surface area contributed by atoms with Crippen LogP contribution in [-0.2, 0) is 22.7 Å². The number of hydrogen-bond acceptors (Lipinski definition) is 14. The first-order valence-corrected chi connectivity index (χ1v) is 20.2. The highest BCUT2D eigenvalue weighted by Crippen LogP contribution is 2.76. The SMILES string of the molecule is CCC(Cl)(P(C)O)P(=O)(O)OP(=O)(O)OC[C@H]1OC(n2cnc3c(NCCSC)nc(SCCC(F)(F)F)nc32)[C@H](O)[C@@H]1O. The van der Waals surface area contributed by atoms with Crippen molar-refractivity contribution in [2.24, 2.45) is 0 Å². The van der Waals surface area contributed by atoms with Gasteiger partial charge in [0.05, 0.1) is 27.5 Å². The molecule has 1 fully saturated rings. The number of halogens is 4. The van der Waals surface area contributed by atoms with E-state index in [0.717, 1.165) is 18.4 Å². The van der Waals surface area contributed by atoms with Crippen LogP contribution in [0.4, 0.5) is 19.0 Å². The molecular formula is C20H32ClF3N5O10P3S2. The van der Waals surface area contributed by atoms with E-state index in [1.54, 1.807) is 0 Å². The Hall–Kier alpha value is -0.300. The highest BCUT2D eigenvalue weighted by molar-refractivity contribution is 7.99. The highest BCUT2D eigenvalue weighted by Gasteiger charge is 2.55. The first-order valence-electron chi connectivity index (χ1n) is 12.7. The Morgan fingerprint density at radius 2 is 1.91 bits per heavy atom. The van der Waals surface area contributed by atoms with Gasteiger partial charge in [-0.25, -0.2) is 23.8 Å². The molecule has 252 valence electrons. The van der Waals surface area contributed by atoms with Gasteiger partial charge in [-0.15, -0.1) is 0 Å². The van der Waals surface area contributed by atoms with E-state index in [4.69, 9.17) is 20.9 Å². The molecular weight excluding hydrogens is 720 g/mol. The lowest BCUT2D eigenvalue weighted by molar-refractivity contribution is -0.129. The van der Waals surface area contributed by atoms with Gasteiger partial charge in [-0.3, -0.25) is 13.7 Å². The fourth-order valence-corrected chi connectivity index (χ4v) is 10.1. The van der Waals surface area contributed by atoms with Crippen LogP contribution in [0.5, 0.6) is 0 Å². The van der Waals surface area contributed by atoms with Crippen molar-refractivity contribution in [3.05, 3.63) is 6.33 Å². The number of aromatic nitrogens is 4. The van der Waals surface area contributed by atoms with E-state index >= 15 is 0 Å². The first kappa shape index (κ1) is 38.2. The van der Waals surface area contributed by atoms with Gasteiger partial charge in [0.2, 0.25) is 0 Å². The Bertz CT molecular complexity index is 1380. The van der Waals surface area contributed by atoms with Gasteiger partial charge in [0, 0.05) is 18.1 Å². The molecule has 0 aromatic carbocycles. The highest BCUT2D eigenvalue weighted by atomic mass is 35.5. The zero-order chi connectivity index (χ0) is 33.1. The second-order valence-corrected chi connectivity index (χ2v) is 18.4. The van der Waals surface area contributed by atoms with E-state index in [2.05, 4.69) is 24.6 Å². The predicted octanol–water partition coefficient (Wildman–Crippen LogP) is 3.91. The van der Waals surface area contributed by atoms with E-state index in [1.807, 2.05) is 6.26 Å². The summed E-state index contributed by atoms with van der Waals surface area (Å²) in [5, 5.41) is 24.4. The molecule has 1 saturated heterocycles. The van der Waals surface area contributed by atoms with E-state index in [0.29, 0.717) is 12.3 Å². The number of thioether (sulfide) groups is 2. The molecule has 0 saturated carbocycles. The number of phosphoric ester groups is 1. The van der Waals surface area contributed by atoms with Crippen molar-refractivity contribution in [3.8, 4) is 0 Å². The molecule has 5 unspecified atom stereocenters. The maximum absolute atomic E-state index is 12.7. The van der Waals surface area contributed by atoms with E-state index in [-0.39, 0.29) is 34.3 Å². The number of aliphatic hydroxyl groups excluding tert-OH is 2. The summed E-state index contributed by atoms with van der Waals surface area (Å²) in [5.74, 6) is 0.535.